The first-order chi connectivity index (χ1) is 16.1. The van der Waals surface area contributed by atoms with Gasteiger partial charge in [-0.1, -0.05) is 0 Å². The van der Waals surface area contributed by atoms with Crippen LogP contribution in [0.2, 0.25) is 0 Å². The fourth-order valence-electron chi connectivity index (χ4n) is 4.00. The average Bonchev–Trinajstić information content (AvgIpc) is 2.78. The minimum absolute atomic E-state index is 0.109. The number of phenolic OH excluding ortho intramolecular Hbond substituents is 3. The SMILES string of the molecule is COc1c(O[C@@H]2O[C@H](CO)[C@@H](O)[C@H](O)[C@H]2O)cc2c(c1O)C(=O)CC(c1cc(O)cc(O)c1)O2. The number of hydrogen-bond donors (Lipinski definition) is 7. The van der Waals surface area contributed by atoms with Crippen LogP contribution in [0.3, 0.4) is 0 Å². The van der Waals surface area contributed by atoms with Crippen molar-refractivity contribution in [2.75, 3.05) is 13.7 Å². The number of benzene rings is 2. The molecule has 2 aliphatic heterocycles. The Morgan fingerprint density at radius 3 is 2.29 bits per heavy atom. The largest absolute Gasteiger partial charge is 0.508 e. The van der Waals surface area contributed by atoms with E-state index in [1.807, 2.05) is 0 Å². The Morgan fingerprint density at radius 2 is 1.68 bits per heavy atom. The quantitative estimate of drug-likeness (QED) is 0.295. The Bertz CT molecular complexity index is 1060. The molecule has 12 heteroatoms. The Hall–Kier alpha value is -3.29. The van der Waals surface area contributed by atoms with Gasteiger partial charge >= 0.3 is 0 Å². The van der Waals surface area contributed by atoms with Crippen molar-refractivity contribution >= 4 is 5.78 Å². The first-order valence-corrected chi connectivity index (χ1v) is 10.3. The maximum Gasteiger partial charge on any atom is 0.229 e. The zero-order valence-electron chi connectivity index (χ0n) is 17.9. The van der Waals surface area contributed by atoms with Crippen molar-refractivity contribution in [3.63, 3.8) is 0 Å². The van der Waals surface area contributed by atoms with E-state index in [0.717, 1.165) is 6.07 Å². The Kier molecular flexibility index (Phi) is 6.43. The Labute approximate surface area is 192 Å². The summed E-state index contributed by atoms with van der Waals surface area (Å²) < 4.78 is 21.9. The molecular weight excluding hydrogens is 456 g/mol. The van der Waals surface area contributed by atoms with Gasteiger partial charge in [-0.2, -0.15) is 0 Å². The van der Waals surface area contributed by atoms with Crippen LogP contribution in [0.15, 0.2) is 24.3 Å². The summed E-state index contributed by atoms with van der Waals surface area (Å²) in [7, 11) is 1.20. The lowest BCUT2D eigenvalue weighted by Gasteiger charge is -2.39. The number of aliphatic hydroxyl groups is 4. The van der Waals surface area contributed by atoms with Gasteiger partial charge in [0.2, 0.25) is 12.0 Å². The second kappa shape index (κ2) is 9.16. The highest BCUT2D eigenvalue weighted by atomic mass is 16.7. The van der Waals surface area contributed by atoms with E-state index in [1.165, 1.54) is 25.3 Å². The number of carbonyl (C=O) groups excluding carboxylic acids is 1. The third-order valence-electron chi connectivity index (χ3n) is 5.70. The standard InChI is InChI=1S/C22H24O12/c1-31-21-14(33-22-20(30)19(29)17(27)15(7-23)34-22)6-13-16(18(21)28)11(26)5-12(32-13)8-2-9(24)4-10(25)3-8/h2-4,6,12,15,17,19-20,22-25,27-30H,5,7H2,1H3/t12?,15-,17-,19+,20-,22-/m1/s1. The summed E-state index contributed by atoms with van der Waals surface area (Å²) in [6.07, 6.45) is -8.97. The number of phenols is 3. The molecule has 0 amide bonds. The van der Waals surface area contributed by atoms with Crippen LogP contribution >= 0.6 is 0 Å². The third kappa shape index (κ3) is 4.17. The molecule has 6 atom stereocenters. The van der Waals surface area contributed by atoms with Crippen LogP contribution in [0, 0.1) is 0 Å². The number of ketones is 1. The molecule has 7 N–H and O–H groups in total. The molecule has 1 saturated heterocycles. The van der Waals surface area contributed by atoms with E-state index in [-0.39, 0.29) is 40.7 Å². The summed E-state index contributed by atoms with van der Waals surface area (Å²) in [4.78, 5) is 12.8. The number of fused-ring (bicyclic) bond motifs is 1. The van der Waals surface area contributed by atoms with Crippen molar-refractivity contribution in [3.8, 4) is 34.5 Å². The normalized spacial score (nSPS) is 28.7. The number of ether oxygens (including phenoxy) is 4. The molecule has 0 radical (unpaired) electrons. The molecule has 0 spiro atoms. The predicted molar refractivity (Wildman–Crippen MR) is 111 cm³/mol. The number of Topliss-reactive ketones (excluding diaryl/α,β-unsaturated/α-hetero) is 1. The van der Waals surface area contributed by atoms with Crippen LogP contribution in [0.5, 0.6) is 34.5 Å². The van der Waals surface area contributed by atoms with Crippen LogP contribution in [0.25, 0.3) is 0 Å². The van der Waals surface area contributed by atoms with Crippen molar-refractivity contribution < 1.29 is 59.5 Å². The topological polar surface area (TPSA) is 196 Å². The lowest BCUT2D eigenvalue weighted by atomic mass is 9.94. The number of rotatable bonds is 5. The molecule has 2 aromatic rings. The van der Waals surface area contributed by atoms with Gasteiger partial charge in [-0.15, -0.1) is 0 Å². The average molecular weight is 480 g/mol. The summed E-state index contributed by atoms with van der Waals surface area (Å²) in [5.74, 6) is -2.19. The summed E-state index contributed by atoms with van der Waals surface area (Å²) in [6, 6.07) is 4.96. The third-order valence-corrected chi connectivity index (χ3v) is 5.70. The van der Waals surface area contributed by atoms with Gasteiger partial charge < -0.3 is 54.7 Å². The van der Waals surface area contributed by atoms with Gasteiger partial charge in [0.1, 0.15) is 53.3 Å². The Balaban J connectivity index is 1.69. The highest BCUT2D eigenvalue weighted by Crippen LogP contribution is 2.49. The monoisotopic (exact) mass is 480 g/mol. The smallest absolute Gasteiger partial charge is 0.229 e. The highest BCUT2D eigenvalue weighted by molar-refractivity contribution is 6.03. The first kappa shape index (κ1) is 23.9. The number of methoxy groups -OCH3 is 1. The van der Waals surface area contributed by atoms with Gasteiger partial charge in [-0.3, -0.25) is 4.79 Å². The van der Waals surface area contributed by atoms with Crippen LogP contribution in [0.1, 0.15) is 28.4 Å². The van der Waals surface area contributed by atoms with E-state index in [4.69, 9.17) is 18.9 Å². The maximum absolute atomic E-state index is 12.8. The van der Waals surface area contributed by atoms with Gasteiger partial charge in [0, 0.05) is 17.7 Å². The molecule has 12 nitrogen and oxygen atoms in total. The van der Waals surface area contributed by atoms with Crippen molar-refractivity contribution in [2.45, 2.75) is 43.2 Å². The zero-order valence-corrected chi connectivity index (χ0v) is 17.9. The predicted octanol–water partition coefficient (Wildman–Crippen LogP) is -0.303. The fourth-order valence-corrected chi connectivity index (χ4v) is 4.00. The van der Waals surface area contributed by atoms with Crippen LogP contribution in [-0.4, -0.2) is 86.0 Å². The van der Waals surface area contributed by atoms with Crippen molar-refractivity contribution in [2.24, 2.45) is 0 Å². The van der Waals surface area contributed by atoms with Gasteiger partial charge in [-0.25, -0.2) is 0 Å². The van der Waals surface area contributed by atoms with Crippen LogP contribution in [-0.2, 0) is 4.74 Å². The lowest BCUT2D eigenvalue weighted by molar-refractivity contribution is -0.277. The molecular formula is C22H24O12. The molecule has 0 aromatic heterocycles. The molecule has 2 aliphatic rings. The van der Waals surface area contributed by atoms with Crippen molar-refractivity contribution in [1.82, 2.24) is 0 Å². The van der Waals surface area contributed by atoms with Crippen LogP contribution < -0.4 is 14.2 Å². The minimum atomic E-state index is -1.73. The molecule has 2 aromatic carbocycles. The van der Waals surface area contributed by atoms with E-state index < -0.39 is 54.9 Å². The lowest BCUT2D eigenvalue weighted by Crippen LogP contribution is -2.60. The summed E-state index contributed by atoms with van der Waals surface area (Å²) in [5, 5.41) is 69.8. The molecule has 0 bridgehead atoms. The van der Waals surface area contributed by atoms with Crippen LogP contribution in [0.4, 0.5) is 0 Å². The minimum Gasteiger partial charge on any atom is -0.508 e. The molecule has 1 unspecified atom stereocenters. The van der Waals surface area contributed by atoms with E-state index >= 15 is 0 Å². The zero-order chi connectivity index (χ0) is 24.7. The molecule has 34 heavy (non-hydrogen) atoms. The number of carbonyl (C=O) groups is 1. The molecule has 184 valence electrons. The first-order valence-electron chi connectivity index (χ1n) is 10.3. The summed E-state index contributed by atoms with van der Waals surface area (Å²) >= 11 is 0. The number of hydrogen-bond acceptors (Lipinski definition) is 12. The van der Waals surface area contributed by atoms with Gasteiger partial charge in [-0.05, 0) is 12.1 Å². The summed E-state index contributed by atoms with van der Waals surface area (Å²) in [5.41, 5.74) is 0.127. The molecule has 4 rings (SSSR count). The maximum atomic E-state index is 12.8. The second-order valence-electron chi connectivity index (χ2n) is 7.96. The van der Waals surface area contributed by atoms with Gasteiger partial charge in [0.25, 0.3) is 0 Å². The van der Waals surface area contributed by atoms with E-state index in [0.29, 0.717) is 5.56 Å². The van der Waals surface area contributed by atoms with E-state index in [9.17, 15) is 40.5 Å². The van der Waals surface area contributed by atoms with Crippen molar-refractivity contribution in [3.05, 3.63) is 35.4 Å². The molecule has 0 aliphatic carbocycles. The summed E-state index contributed by atoms with van der Waals surface area (Å²) in [6.45, 7) is -0.673. The molecule has 1 fully saturated rings. The van der Waals surface area contributed by atoms with Crippen molar-refractivity contribution in [1.29, 1.82) is 0 Å². The van der Waals surface area contributed by atoms with E-state index in [1.54, 1.807) is 0 Å². The van der Waals surface area contributed by atoms with Gasteiger partial charge in [0.15, 0.2) is 17.3 Å². The van der Waals surface area contributed by atoms with Gasteiger partial charge in [0.05, 0.1) is 20.1 Å². The molecule has 2 heterocycles. The number of aliphatic hydroxyl groups excluding tert-OH is 4. The highest BCUT2D eigenvalue weighted by Gasteiger charge is 2.45. The molecule has 0 saturated carbocycles. The number of aromatic hydroxyl groups is 3. The Morgan fingerprint density at radius 1 is 1.00 bits per heavy atom. The fraction of sp³-hybridized carbons (Fsp3) is 0.409. The second-order valence-corrected chi connectivity index (χ2v) is 7.96. The van der Waals surface area contributed by atoms with E-state index in [2.05, 4.69) is 0 Å².